The summed E-state index contributed by atoms with van der Waals surface area (Å²) < 4.78 is 41.4. The fourth-order valence-electron chi connectivity index (χ4n) is 2.61. The standard InChI is InChI=1S/C18H15FN4O2S/c1-21-11-14-9-17(16-6-3-7-22-18(16)19)23(12-14)26(24,25)15-5-2-4-13(8-15)10-20/h2-9,12,21H,11H2,1H3. The van der Waals surface area contributed by atoms with Gasteiger partial charge in [-0.05, 0) is 49.0 Å². The van der Waals surface area contributed by atoms with Crippen molar-refractivity contribution in [2.45, 2.75) is 11.4 Å². The van der Waals surface area contributed by atoms with Crippen LogP contribution in [0, 0.1) is 17.3 Å². The van der Waals surface area contributed by atoms with Crippen molar-refractivity contribution in [3.63, 3.8) is 0 Å². The Kier molecular flexibility index (Phi) is 4.84. The number of pyridine rings is 1. The van der Waals surface area contributed by atoms with E-state index in [-0.39, 0.29) is 21.7 Å². The second-order valence-electron chi connectivity index (χ2n) is 5.55. The number of hydrogen-bond donors (Lipinski definition) is 1. The summed E-state index contributed by atoms with van der Waals surface area (Å²) in [6.07, 6.45) is 2.73. The molecule has 0 bridgehead atoms. The molecule has 0 radical (unpaired) electrons. The Morgan fingerprint density at radius 3 is 2.77 bits per heavy atom. The van der Waals surface area contributed by atoms with Crippen LogP contribution in [0.15, 0.2) is 59.8 Å². The molecule has 0 saturated carbocycles. The molecule has 2 aromatic heterocycles. The molecular weight excluding hydrogens is 355 g/mol. The van der Waals surface area contributed by atoms with Crippen LogP contribution in [0.3, 0.4) is 0 Å². The van der Waals surface area contributed by atoms with E-state index < -0.39 is 16.0 Å². The number of rotatable bonds is 5. The lowest BCUT2D eigenvalue weighted by Gasteiger charge is -2.11. The van der Waals surface area contributed by atoms with Gasteiger partial charge in [0, 0.05) is 18.9 Å². The quantitative estimate of drug-likeness (QED) is 0.697. The molecular formula is C18H15FN4O2S. The Bertz CT molecular complexity index is 1100. The molecule has 0 atom stereocenters. The van der Waals surface area contributed by atoms with Gasteiger partial charge in [0.1, 0.15) is 0 Å². The number of hydrogen-bond acceptors (Lipinski definition) is 5. The van der Waals surface area contributed by atoms with Crippen molar-refractivity contribution in [2.24, 2.45) is 0 Å². The van der Waals surface area contributed by atoms with Gasteiger partial charge in [-0.3, -0.25) is 0 Å². The van der Waals surface area contributed by atoms with Crippen molar-refractivity contribution in [1.82, 2.24) is 14.3 Å². The van der Waals surface area contributed by atoms with E-state index in [1.165, 1.54) is 48.8 Å². The largest absolute Gasteiger partial charge is 0.316 e. The zero-order valence-corrected chi connectivity index (χ0v) is 14.7. The SMILES string of the molecule is CNCc1cc(-c2cccnc2F)n(S(=O)(=O)c2cccc(C#N)c2)c1. The summed E-state index contributed by atoms with van der Waals surface area (Å²) >= 11 is 0. The Hall–Kier alpha value is -3.02. The molecule has 0 unspecified atom stereocenters. The lowest BCUT2D eigenvalue weighted by atomic mass is 10.2. The van der Waals surface area contributed by atoms with Crippen LogP contribution in [0.25, 0.3) is 11.3 Å². The predicted octanol–water partition coefficient (Wildman–Crippen LogP) is 2.52. The Labute approximate surface area is 150 Å². The van der Waals surface area contributed by atoms with Crippen LogP contribution in [0.5, 0.6) is 0 Å². The average molecular weight is 370 g/mol. The molecule has 2 heterocycles. The fourth-order valence-corrected chi connectivity index (χ4v) is 4.05. The van der Waals surface area contributed by atoms with Crippen LogP contribution in [0.1, 0.15) is 11.1 Å². The maximum Gasteiger partial charge on any atom is 0.268 e. The van der Waals surface area contributed by atoms with Crippen LogP contribution < -0.4 is 5.32 Å². The number of benzene rings is 1. The fraction of sp³-hybridized carbons (Fsp3) is 0.111. The molecule has 0 spiro atoms. The van der Waals surface area contributed by atoms with Crippen molar-refractivity contribution in [2.75, 3.05) is 7.05 Å². The Morgan fingerprint density at radius 1 is 1.27 bits per heavy atom. The van der Waals surface area contributed by atoms with Crippen LogP contribution in [-0.4, -0.2) is 24.4 Å². The highest BCUT2D eigenvalue weighted by atomic mass is 32.2. The minimum atomic E-state index is -4.02. The molecule has 0 aliphatic rings. The summed E-state index contributed by atoms with van der Waals surface area (Å²) in [5.74, 6) is -0.760. The lowest BCUT2D eigenvalue weighted by molar-refractivity contribution is 0.583. The molecule has 1 aromatic carbocycles. The molecule has 0 aliphatic heterocycles. The lowest BCUT2D eigenvalue weighted by Crippen LogP contribution is -2.14. The van der Waals surface area contributed by atoms with E-state index in [1.54, 1.807) is 13.1 Å². The third-order valence-corrected chi connectivity index (χ3v) is 5.45. The summed E-state index contributed by atoms with van der Waals surface area (Å²) in [5, 5.41) is 12.0. The van der Waals surface area contributed by atoms with Crippen molar-refractivity contribution >= 4 is 10.0 Å². The molecule has 6 nitrogen and oxygen atoms in total. The predicted molar refractivity (Wildman–Crippen MR) is 94.1 cm³/mol. The third kappa shape index (κ3) is 3.22. The van der Waals surface area contributed by atoms with Crippen molar-refractivity contribution in [3.8, 4) is 17.3 Å². The molecule has 26 heavy (non-hydrogen) atoms. The molecule has 0 amide bonds. The van der Waals surface area contributed by atoms with E-state index >= 15 is 0 Å². The van der Waals surface area contributed by atoms with Gasteiger partial charge in [-0.25, -0.2) is 17.4 Å². The molecule has 3 rings (SSSR count). The van der Waals surface area contributed by atoms with Gasteiger partial charge < -0.3 is 5.32 Å². The molecule has 8 heteroatoms. The summed E-state index contributed by atoms with van der Waals surface area (Å²) in [4.78, 5) is 3.55. The number of aromatic nitrogens is 2. The first-order chi connectivity index (χ1) is 12.5. The van der Waals surface area contributed by atoms with Gasteiger partial charge in [0.2, 0.25) is 5.95 Å². The maximum atomic E-state index is 14.2. The molecule has 132 valence electrons. The Balaban J connectivity index is 2.23. The number of halogens is 1. The smallest absolute Gasteiger partial charge is 0.268 e. The van der Waals surface area contributed by atoms with E-state index in [4.69, 9.17) is 5.26 Å². The summed E-state index contributed by atoms with van der Waals surface area (Å²) in [7, 11) is -2.29. The van der Waals surface area contributed by atoms with Crippen LogP contribution in [0.2, 0.25) is 0 Å². The van der Waals surface area contributed by atoms with Gasteiger partial charge >= 0.3 is 0 Å². The second-order valence-corrected chi connectivity index (χ2v) is 7.36. The minimum Gasteiger partial charge on any atom is -0.316 e. The zero-order chi connectivity index (χ0) is 18.7. The monoisotopic (exact) mass is 370 g/mol. The van der Waals surface area contributed by atoms with E-state index in [9.17, 15) is 12.8 Å². The van der Waals surface area contributed by atoms with Gasteiger partial charge in [-0.15, -0.1) is 0 Å². The molecule has 0 aliphatic carbocycles. The summed E-state index contributed by atoms with van der Waals surface area (Å²) in [6.45, 7) is 0.412. The third-order valence-electron chi connectivity index (χ3n) is 3.78. The highest BCUT2D eigenvalue weighted by Gasteiger charge is 2.23. The molecule has 1 N–H and O–H groups in total. The first-order valence-corrected chi connectivity index (χ1v) is 9.14. The van der Waals surface area contributed by atoms with Gasteiger partial charge in [0.05, 0.1) is 27.8 Å². The van der Waals surface area contributed by atoms with Gasteiger partial charge in [0.25, 0.3) is 10.0 Å². The van der Waals surface area contributed by atoms with Crippen molar-refractivity contribution in [1.29, 1.82) is 5.26 Å². The summed E-state index contributed by atoms with van der Waals surface area (Å²) in [5.41, 5.74) is 1.15. The zero-order valence-electron chi connectivity index (χ0n) is 13.8. The topological polar surface area (TPSA) is 87.8 Å². The first-order valence-electron chi connectivity index (χ1n) is 7.70. The van der Waals surface area contributed by atoms with Crippen LogP contribution >= 0.6 is 0 Å². The summed E-state index contributed by atoms with van der Waals surface area (Å²) in [6, 6.07) is 12.2. The molecule has 3 aromatic rings. The van der Waals surface area contributed by atoms with Crippen molar-refractivity contribution < 1.29 is 12.8 Å². The molecule has 0 fully saturated rings. The first kappa shape index (κ1) is 17.8. The maximum absolute atomic E-state index is 14.2. The van der Waals surface area contributed by atoms with Gasteiger partial charge in [0.15, 0.2) is 0 Å². The average Bonchev–Trinajstić information content (AvgIpc) is 3.07. The Morgan fingerprint density at radius 2 is 2.08 bits per heavy atom. The highest BCUT2D eigenvalue weighted by Crippen LogP contribution is 2.28. The minimum absolute atomic E-state index is 0.0475. The number of nitriles is 1. The van der Waals surface area contributed by atoms with Crippen LogP contribution in [0.4, 0.5) is 4.39 Å². The molecule has 0 saturated heterocycles. The van der Waals surface area contributed by atoms with E-state index in [0.29, 0.717) is 12.1 Å². The van der Waals surface area contributed by atoms with E-state index in [1.807, 2.05) is 6.07 Å². The van der Waals surface area contributed by atoms with Crippen molar-refractivity contribution in [3.05, 3.63) is 71.9 Å². The number of nitrogens with zero attached hydrogens (tertiary/aromatic N) is 3. The van der Waals surface area contributed by atoms with E-state index in [2.05, 4.69) is 10.3 Å². The van der Waals surface area contributed by atoms with E-state index in [0.717, 1.165) is 3.97 Å². The van der Waals surface area contributed by atoms with Gasteiger partial charge in [-0.2, -0.15) is 9.65 Å². The van der Waals surface area contributed by atoms with Crippen LogP contribution in [-0.2, 0) is 16.6 Å². The van der Waals surface area contributed by atoms with Gasteiger partial charge in [-0.1, -0.05) is 6.07 Å². The second kappa shape index (κ2) is 7.07. The normalized spacial score (nSPS) is 11.3. The highest BCUT2D eigenvalue weighted by molar-refractivity contribution is 7.90. The number of nitrogens with one attached hydrogen (secondary N) is 1.